The molecule has 1 atom stereocenters. The fourth-order valence-corrected chi connectivity index (χ4v) is 5.89. The molecular formula is C34H28N4O5S. The highest BCUT2D eigenvalue weighted by atomic mass is 32.2. The Balaban J connectivity index is 1.42. The molecule has 0 spiro atoms. The van der Waals surface area contributed by atoms with Crippen LogP contribution in [0.15, 0.2) is 108 Å². The number of carboxylic acid groups (broad SMARTS) is 1. The van der Waals surface area contributed by atoms with Gasteiger partial charge in [-0.05, 0) is 72.1 Å². The highest BCUT2D eigenvalue weighted by Crippen LogP contribution is 2.30. The molecule has 10 heteroatoms. The zero-order chi connectivity index (χ0) is 31.0. The van der Waals surface area contributed by atoms with E-state index in [0.717, 1.165) is 28.4 Å². The summed E-state index contributed by atoms with van der Waals surface area (Å²) in [6, 6.07) is 27.9. The quantitative estimate of drug-likeness (QED) is 0.221. The minimum Gasteiger partial charge on any atom is -0.478 e. The van der Waals surface area contributed by atoms with Gasteiger partial charge in [-0.3, -0.25) is 14.5 Å². The number of para-hydroxylation sites is 1. The monoisotopic (exact) mass is 604 g/mol. The van der Waals surface area contributed by atoms with Gasteiger partial charge in [-0.1, -0.05) is 48.5 Å². The maximum Gasteiger partial charge on any atom is 0.335 e. The summed E-state index contributed by atoms with van der Waals surface area (Å²) in [4.78, 5) is 30.2. The minimum atomic E-state index is -3.44. The number of fused-ring (bicyclic) bond motifs is 2. The predicted molar refractivity (Wildman–Crippen MR) is 168 cm³/mol. The van der Waals surface area contributed by atoms with E-state index >= 15 is 0 Å². The van der Waals surface area contributed by atoms with E-state index in [2.05, 4.69) is 10.4 Å². The molecule has 1 amide bonds. The van der Waals surface area contributed by atoms with Crippen LogP contribution in [0.5, 0.6) is 0 Å². The lowest BCUT2D eigenvalue weighted by atomic mass is 9.99. The molecule has 0 aliphatic rings. The van der Waals surface area contributed by atoms with E-state index in [1.807, 2.05) is 49.4 Å². The molecule has 4 aromatic carbocycles. The number of nitrogens with zero attached hydrogens (tertiary/aromatic N) is 3. The number of pyridine rings is 1. The van der Waals surface area contributed by atoms with Crippen LogP contribution in [-0.2, 0) is 16.4 Å². The lowest BCUT2D eigenvalue weighted by molar-refractivity contribution is 0.0696. The number of sulfone groups is 1. The van der Waals surface area contributed by atoms with Gasteiger partial charge in [0.2, 0.25) is 0 Å². The van der Waals surface area contributed by atoms with Crippen molar-refractivity contribution in [1.29, 1.82) is 0 Å². The smallest absolute Gasteiger partial charge is 0.335 e. The third-order valence-corrected chi connectivity index (χ3v) is 8.66. The molecule has 0 bridgehead atoms. The molecule has 220 valence electrons. The van der Waals surface area contributed by atoms with Crippen LogP contribution < -0.4 is 5.32 Å². The van der Waals surface area contributed by atoms with Gasteiger partial charge in [-0.25, -0.2) is 13.2 Å². The van der Waals surface area contributed by atoms with Gasteiger partial charge in [-0.2, -0.15) is 5.10 Å². The summed E-state index contributed by atoms with van der Waals surface area (Å²) in [6.45, 7) is 2.14. The summed E-state index contributed by atoms with van der Waals surface area (Å²) >= 11 is 0. The number of hydrogen-bond acceptors (Lipinski definition) is 6. The fourth-order valence-electron chi connectivity index (χ4n) is 5.22. The number of aromatic carboxylic acids is 1. The van der Waals surface area contributed by atoms with Gasteiger partial charge in [-0.15, -0.1) is 0 Å². The molecule has 0 aliphatic carbocycles. The van der Waals surface area contributed by atoms with E-state index in [-0.39, 0.29) is 16.4 Å². The first-order chi connectivity index (χ1) is 21.1. The summed E-state index contributed by atoms with van der Waals surface area (Å²) in [5.74, 6) is -1.39. The van der Waals surface area contributed by atoms with Gasteiger partial charge in [0.15, 0.2) is 9.84 Å². The fraction of sp³-hybridized carbons (Fsp3) is 0.118. The lowest BCUT2D eigenvalue weighted by Gasteiger charge is -2.17. The molecule has 0 saturated heterocycles. The summed E-state index contributed by atoms with van der Waals surface area (Å²) in [5, 5.41) is 18.6. The molecule has 0 radical (unpaired) electrons. The molecule has 0 aliphatic heterocycles. The Morgan fingerprint density at radius 2 is 1.66 bits per heavy atom. The van der Waals surface area contributed by atoms with Gasteiger partial charge in [0.25, 0.3) is 5.91 Å². The van der Waals surface area contributed by atoms with E-state index in [9.17, 15) is 23.1 Å². The van der Waals surface area contributed by atoms with Crippen molar-refractivity contribution < 1.29 is 23.1 Å². The molecule has 6 rings (SSSR count). The summed E-state index contributed by atoms with van der Waals surface area (Å²) in [5.41, 5.74) is 4.80. The number of benzene rings is 4. The third kappa shape index (κ3) is 5.80. The number of amides is 1. The van der Waals surface area contributed by atoms with Crippen LogP contribution in [0.2, 0.25) is 0 Å². The standard InChI is InChI=1S/C34H28N4O5S/c1-21(22-10-12-24(13-11-22)34(40)41)36-33(39)30-18-26(25-7-5-8-29(17-25)44(2,42)43)16-27-19-35-38(32(27)30)20-28-15-14-23-6-3-4-9-31(23)37-28/h3-19,21H,20H2,1-2H3,(H,36,39)(H,40,41)/t21-/m0/s1. The average Bonchev–Trinajstić information content (AvgIpc) is 3.42. The number of rotatable bonds is 8. The maximum absolute atomic E-state index is 13.9. The molecule has 2 heterocycles. The lowest BCUT2D eigenvalue weighted by Crippen LogP contribution is -2.27. The molecule has 2 aromatic heterocycles. The Labute approximate surface area is 253 Å². The Morgan fingerprint density at radius 1 is 0.886 bits per heavy atom. The molecule has 44 heavy (non-hydrogen) atoms. The van der Waals surface area contributed by atoms with Crippen LogP contribution in [-0.4, -0.2) is 46.4 Å². The van der Waals surface area contributed by atoms with Crippen molar-refractivity contribution in [1.82, 2.24) is 20.1 Å². The zero-order valence-corrected chi connectivity index (χ0v) is 24.7. The van der Waals surface area contributed by atoms with Crippen LogP contribution in [0.3, 0.4) is 0 Å². The Hall–Kier alpha value is -5.35. The van der Waals surface area contributed by atoms with Crippen LogP contribution in [0.1, 0.15) is 44.9 Å². The van der Waals surface area contributed by atoms with Crippen molar-refractivity contribution in [2.24, 2.45) is 0 Å². The van der Waals surface area contributed by atoms with Crippen LogP contribution >= 0.6 is 0 Å². The van der Waals surface area contributed by atoms with Crippen molar-refractivity contribution >= 4 is 43.5 Å². The SMILES string of the molecule is C[C@H](NC(=O)c1cc(-c2cccc(S(C)(=O)=O)c2)cc2cnn(Cc3ccc4ccccc4n3)c12)c1ccc(C(=O)O)cc1. The van der Waals surface area contributed by atoms with Crippen molar-refractivity contribution in [3.8, 4) is 11.1 Å². The van der Waals surface area contributed by atoms with E-state index in [1.54, 1.807) is 47.3 Å². The van der Waals surface area contributed by atoms with E-state index in [4.69, 9.17) is 4.98 Å². The van der Waals surface area contributed by atoms with Crippen LogP contribution in [0.4, 0.5) is 0 Å². The van der Waals surface area contributed by atoms with Gasteiger partial charge in [0.1, 0.15) is 0 Å². The zero-order valence-electron chi connectivity index (χ0n) is 23.9. The first-order valence-electron chi connectivity index (χ1n) is 13.9. The third-order valence-electron chi connectivity index (χ3n) is 7.55. The van der Waals surface area contributed by atoms with Gasteiger partial charge in [0.05, 0.1) is 51.5 Å². The van der Waals surface area contributed by atoms with E-state index in [0.29, 0.717) is 34.1 Å². The molecule has 9 nitrogen and oxygen atoms in total. The Bertz CT molecular complexity index is 2170. The number of carboxylic acids is 1. The topological polar surface area (TPSA) is 131 Å². The normalized spacial score (nSPS) is 12.3. The van der Waals surface area contributed by atoms with E-state index < -0.39 is 21.8 Å². The second-order valence-electron chi connectivity index (χ2n) is 10.7. The Morgan fingerprint density at radius 3 is 2.41 bits per heavy atom. The van der Waals surface area contributed by atoms with Crippen LogP contribution in [0.25, 0.3) is 32.9 Å². The number of carbonyl (C=O) groups is 2. The molecule has 6 aromatic rings. The highest BCUT2D eigenvalue weighted by molar-refractivity contribution is 7.90. The van der Waals surface area contributed by atoms with Crippen molar-refractivity contribution in [3.05, 3.63) is 126 Å². The van der Waals surface area contributed by atoms with E-state index in [1.165, 1.54) is 18.2 Å². The minimum absolute atomic E-state index is 0.157. The molecule has 0 unspecified atom stereocenters. The van der Waals surface area contributed by atoms with Crippen molar-refractivity contribution in [2.75, 3.05) is 6.26 Å². The average molecular weight is 605 g/mol. The highest BCUT2D eigenvalue weighted by Gasteiger charge is 2.20. The van der Waals surface area contributed by atoms with Gasteiger partial charge in [0, 0.05) is 17.0 Å². The predicted octanol–water partition coefficient (Wildman–Crippen LogP) is 5.89. The van der Waals surface area contributed by atoms with Crippen LogP contribution in [0, 0.1) is 0 Å². The molecule has 0 fully saturated rings. The summed E-state index contributed by atoms with van der Waals surface area (Å²) in [7, 11) is -3.44. The summed E-state index contributed by atoms with van der Waals surface area (Å²) < 4.78 is 26.3. The number of hydrogen-bond donors (Lipinski definition) is 2. The summed E-state index contributed by atoms with van der Waals surface area (Å²) in [6.07, 6.45) is 2.84. The maximum atomic E-state index is 13.9. The van der Waals surface area contributed by atoms with Gasteiger partial charge < -0.3 is 10.4 Å². The first kappa shape index (κ1) is 28.8. The van der Waals surface area contributed by atoms with Crippen molar-refractivity contribution in [2.45, 2.75) is 24.4 Å². The van der Waals surface area contributed by atoms with Gasteiger partial charge >= 0.3 is 5.97 Å². The second-order valence-corrected chi connectivity index (χ2v) is 12.7. The molecule has 0 saturated carbocycles. The molecular weight excluding hydrogens is 576 g/mol. The molecule has 2 N–H and O–H groups in total. The van der Waals surface area contributed by atoms with Crippen molar-refractivity contribution in [3.63, 3.8) is 0 Å². The second kappa shape index (κ2) is 11.4. The Kier molecular flexibility index (Phi) is 7.44. The number of carbonyl (C=O) groups excluding carboxylic acids is 1. The first-order valence-corrected chi connectivity index (χ1v) is 15.7. The number of nitrogens with one attached hydrogen (secondary N) is 1. The largest absolute Gasteiger partial charge is 0.478 e. The number of aromatic nitrogens is 3.